The molecule has 6 heteroatoms. The molecule has 6 nitrogen and oxygen atoms in total. The Morgan fingerprint density at radius 2 is 1.92 bits per heavy atom. The molecule has 2 aromatic carbocycles. The van der Waals surface area contributed by atoms with E-state index >= 15 is 0 Å². The molecule has 0 spiro atoms. The zero-order valence-corrected chi connectivity index (χ0v) is 13.7. The summed E-state index contributed by atoms with van der Waals surface area (Å²) in [7, 11) is 3.23. The van der Waals surface area contributed by atoms with Gasteiger partial charge in [-0.05, 0) is 42.6 Å². The third kappa shape index (κ3) is 3.05. The number of ether oxygens (including phenoxy) is 2. The molecule has 1 N–H and O–H groups in total. The van der Waals surface area contributed by atoms with Gasteiger partial charge in [0.2, 0.25) is 0 Å². The monoisotopic (exact) mass is 328 g/mol. The van der Waals surface area contributed by atoms with Crippen LogP contribution in [-0.2, 0) is 12.8 Å². The number of nitrogens with zero attached hydrogens (tertiary/aromatic N) is 1. The molecule has 0 saturated carbocycles. The predicted molar refractivity (Wildman–Crippen MR) is 90.8 cm³/mol. The van der Waals surface area contributed by atoms with E-state index in [1.54, 1.807) is 26.4 Å². The number of para-hydroxylation sites is 1. The lowest BCUT2D eigenvalue weighted by Crippen LogP contribution is -2.31. The molecule has 1 aliphatic heterocycles. The minimum atomic E-state index is -0.326. The lowest BCUT2D eigenvalue weighted by atomic mass is 9.89. The molecule has 1 heterocycles. The lowest BCUT2D eigenvalue weighted by Gasteiger charge is -2.28. The van der Waals surface area contributed by atoms with Gasteiger partial charge in [-0.1, -0.05) is 18.2 Å². The van der Waals surface area contributed by atoms with Crippen molar-refractivity contribution in [3.8, 4) is 11.5 Å². The average Bonchev–Trinajstić information content (AvgIpc) is 2.61. The van der Waals surface area contributed by atoms with Crippen LogP contribution in [0.15, 0.2) is 36.4 Å². The minimum Gasteiger partial charge on any atom is -0.493 e. The quantitative estimate of drug-likeness (QED) is 0.674. The highest BCUT2D eigenvalue weighted by molar-refractivity contribution is 5.50. The second-order valence-electron chi connectivity index (χ2n) is 5.75. The summed E-state index contributed by atoms with van der Waals surface area (Å²) < 4.78 is 10.8. The Labute approximate surface area is 140 Å². The zero-order valence-electron chi connectivity index (χ0n) is 13.7. The van der Waals surface area contributed by atoms with Gasteiger partial charge in [0.15, 0.2) is 11.5 Å². The number of hydrogen-bond donors (Lipinski definition) is 1. The maximum Gasteiger partial charge on any atom is 0.272 e. The maximum atomic E-state index is 11.2. The van der Waals surface area contributed by atoms with Crippen molar-refractivity contribution in [3.63, 3.8) is 0 Å². The van der Waals surface area contributed by atoms with E-state index < -0.39 is 0 Å². The summed E-state index contributed by atoms with van der Waals surface area (Å²) in [5.74, 6) is 1.38. The van der Waals surface area contributed by atoms with Gasteiger partial charge >= 0.3 is 0 Å². The molecule has 0 aliphatic carbocycles. The van der Waals surface area contributed by atoms with Gasteiger partial charge in [-0.3, -0.25) is 10.1 Å². The predicted octanol–water partition coefficient (Wildman–Crippen LogP) is 3.04. The van der Waals surface area contributed by atoms with Gasteiger partial charge in [0.25, 0.3) is 5.69 Å². The van der Waals surface area contributed by atoms with Gasteiger partial charge in [0.1, 0.15) is 0 Å². The fourth-order valence-electron chi connectivity index (χ4n) is 3.23. The van der Waals surface area contributed by atoms with Crippen molar-refractivity contribution in [2.75, 3.05) is 20.8 Å². The number of benzene rings is 2. The van der Waals surface area contributed by atoms with Crippen LogP contribution < -0.4 is 14.8 Å². The first-order valence-corrected chi connectivity index (χ1v) is 7.84. The summed E-state index contributed by atoms with van der Waals surface area (Å²) in [5.41, 5.74) is 3.18. The topological polar surface area (TPSA) is 73.6 Å². The molecule has 1 atom stereocenters. The molecule has 0 fully saturated rings. The molecular weight excluding hydrogens is 308 g/mol. The zero-order chi connectivity index (χ0) is 17.1. The van der Waals surface area contributed by atoms with Crippen molar-refractivity contribution in [3.05, 3.63) is 63.2 Å². The second-order valence-corrected chi connectivity index (χ2v) is 5.75. The summed E-state index contributed by atoms with van der Waals surface area (Å²) in [6.45, 7) is 0.827. The number of nitro benzene ring substituents is 1. The molecule has 1 unspecified atom stereocenters. The Bertz CT molecular complexity index is 761. The summed E-state index contributed by atoms with van der Waals surface area (Å²) in [5, 5.41) is 14.7. The molecule has 0 aromatic heterocycles. The summed E-state index contributed by atoms with van der Waals surface area (Å²) >= 11 is 0. The van der Waals surface area contributed by atoms with E-state index in [0.717, 1.165) is 24.1 Å². The molecule has 3 rings (SSSR count). The fraction of sp³-hybridized carbons (Fsp3) is 0.333. The highest BCUT2D eigenvalue weighted by Gasteiger charge is 2.25. The largest absolute Gasteiger partial charge is 0.493 e. The molecule has 0 amide bonds. The van der Waals surface area contributed by atoms with Crippen LogP contribution in [0.1, 0.15) is 22.7 Å². The SMILES string of the molecule is COc1cc2c(cc1OC)C(Cc1ccccc1[N+](=O)[O-])NCC2. The van der Waals surface area contributed by atoms with E-state index in [-0.39, 0.29) is 16.7 Å². The Morgan fingerprint density at radius 1 is 1.21 bits per heavy atom. The van der Waals surface area contributed by atoms with Crippen LogP contribution in [0.5, 0.6) is 11.5 Å². The molecule has 0 saturated heterocycles. The Balaban J connectivity index is 1.97. The van der Waals surface area contributed by atoms with Crippen LogP contribution in [0.4, 0.5) is 5.69 Å². The van der Waals surface area contributed by atoms with E-state index in [1.807, 2.05) is 24.3 Å². The summed E-state index contributed by atoms with van der Waals surface area (Å²) in [6.07, 6.45) is 1.45. The second kappa shape index (κ2) is 6.88. The standard InChI is InChI=1S/C18H20N2O4/c1-23-17-10-12-7-8-19-15(14(12)11-18(17)24-2)9-13-5-3-4-6-16(13)20(21)22/h3-6,10-11,15,19H,7-9H2,1-2H3. The normalized spacial score (nSPS) is 16.3. The molecule has 0 radical (unpaired) electrons. The van der Waals surface area contributed by atoms with Crippen molar-refractivity contribution in [1.82, 2.24) is 5.32 Å². The van der Waals surface area contributed by atoms with Crippen LogP contribution in [0, 0.1) is 10.1 Å². The first-order chi connectivity index (χ1) is 11.6. The average molecular weight is 328 g/mol. The molecule has 0 bridgehead atoms. The van der Waals surface area contributed by atoms with Crippen molar-refractivity contribution >= 4 is 5.69 Å². The summed E-state index contributed by atoms with van der Waals surface area (Å²) in [4.78, 5) is 10.9. The molecule has 126 valence electrons. The van der Waals surface area contributed by atoms with Crippen molar-refractivity contribution in [1.29, 1.82) is 0 Å². The third-order valence-electron chi connectivity index (χ3n) is 4.42. The summed E-state index contributed by atoms with van der Waals surface area (Å²) in [6, 6.07) is 10.9. The van der Waals surface area contributed by atoms with Crippen LogP contribution in [0.3, 0.4) is 0 Å². The highest BCUT2D eigenvalue weighted by Crippen LogP contribution is 2.36. The maximum absolute atomic E-state index is 11.2. The van der Waals surface area contributed by atoms with Crippen LogP contribution in [-0.4, -0.2) is 25.7 Å². The smallest absolute Gasteiger partial charge is 0.272 e. The number of nitrogens with one attached hydrogen (secondary N) is 1. The molecule has 2 aromatic rings. The third-order valence-corrected chi connectivity index (χ3v) is 4.42. The van der Waals surface area contributed by atoms with E-state index in [0.29, 0.717) is 17.9 Å². The number of fused-ring (bicyclic) bond motifs is 1. The van der Waals surface area contributed by atoms with Gasteiger partial charge in [0.05, 0.1) is 19.1 Å². The fourth-order valence-corrected chi connectivity index (χ4v) is 3.23. The van der Waals surface area contributed by atoms with Gasteiger partial charge in [-0.15, -0.1) is 0 Å². The molecule has 24 heavy (non-hydrogen) atoms. The first-order valence-electron chi connectivity index (χ1n) is 7.84. The Hall–Kier alpha value is -2.60. The highest BCUT2D eigenvalue weighted by atomic mass is 16.6. The van der Waals surface area contributed by atoms with Gasteiger partial charge in [0, 0.05) is 17.7 Å². The van der Waals surface area contributed by atoms with E-state index in [2.05, 4.69) is 5.32 Å². The Kier molecular flexibility index (Phi) is 4.66. The van der Waals surface area contributed by atoms with E-state index in [9.17, 15) is 10.1 Å². The van der Waals surface area contributed by atoms with Crippen LogP contribution in [0.25, 0.3) is 0 Å². The van der Waals surface area contributed by atoms with Crippen molar-refractivity contribution in [2.24, 2.45) is 0 Å². The van der Waals surface area contributed by atoms with Gasteiger partial charge in [-0.2, -0.15) is 0 Å². The van der Waals surface area contributed by atoms with Crippen LogP contribution in [0.2, 0.25) is 0 Å². The van der Waals surface area contributed by atoms with Crippen LogP contribution >= 0.6 is 0 Å². The van der Waals surface area contributed by atoms with E-state index in [4.69, 9.17) is 9.47 Å². The van der Waals surface area contributed by atoms with Crippen molar-refractivity contribution < 1.29 is 14.4 Å². The number of methoxy groups -OCH3 is 2. The molecular formula is C18H20N2O4. The van der Waals surface area contributed by atoms with Crippen molar-refractivity contribution in [2.45, 2.75) is 18.9 Å². The van der Waals surface area contributed by atoms with E-state index in [1.165, 1.54) is 5.56 Å². The lowest BCUT2D eigenvalue weighted by molar-refractivity contribution is -0.385. The molecule has 1 aliphatic rings. The first kappa shape index (κ1) is 16.3. The number of hydrogen-bond acceptors (Lipinski definition) is 5. The minimum absolute atomic E-state index is 0.00894. The van der Waals surface area contributed by atoms with Gasteiger partial charge < -0.3 is 14.8 Å². The number of rotatable bonds is 5. The number of nitro groups is 1. The Morgan fingerprint density at radius 3 is 2.62 bits per heavy atom. The van der Waals surface area contributed by atoms with Gasteiger partial charge in [-0.25, -0.2) is 0 Å².